The van der Waals surface area contributed by atoms with Crippen LogP contribution < -0.4 is 9.62 Å². The van der Waals surface area contributed by atoms with Crippen LogP contribution in [0.1, 0.15) is 5.56 Å². The smallest absolute Gasteiger partial charge is 0.352 e. The molecule has 1 amide bonds. The number of sulfonamides is 1. The first-order valence-electron chi connectivity index (χ1n) is 7.52. The van der Waals surface area contributed by atoms with Crippen LogP contribution in [0.3, 0.4) is 0 Å². The van der Waals surface area contributed by atoms with Crippen molar-refractivity contribution in [3.8, 4) is 11.1 Å². The van der Waals surface area contributed by atoms with Gasteiger partial charge in [-0.25, -0.2) is 13.1 Å². The predicted octanol–water partition coefficient (Wildman–Crippen LogP) is 1.46. The van der Waals surface area contributed by atoms with Crippen molar-refractivity contribution in [3.05, 3.63) is 36.0 Å². The molecule has 26 heavy (non-hydrogen) atoms. The summed E-state index contributed by atoms with van der Waals surface area (Å²) in [6.07, 6.45) is -1.55. The van der Waals surface area contributed by atoms with Gasteiger partial charge in [-0.1, -0.05) is 12.1 Å². The number of rotatable bonds is 4. The number of nitrogens with zero attached hydrogens (tertiary/aromatic N) is 3. The van der Waals surface area contributed by atoms with Crippen molar-refractivity contribution in [1.29, 1.82) is 0 Å². The van der Waals surface area contributed by atoms with Crippen LogP contribution in [-0.2, 0) is 27.5 Å². The van der Waals surface area contributed by atoms with Gasteiger partial charge in [0.05, 0.1) is 37.1 Å². The van der Waals surface area contributed by atoms with Crippen LogP contribution in [0.5, 0.6) is 0 Å². The highest BCUT2D eigenvalue weighted by molar-refractivity contribution is 7.92. The highest BCUT2D eigenvalue weighted by atomic mass is 32.2. The summed E-state index contributed by atoms with van der Waals surface area (Å²) in [5.74, 6) is 0.260. The molecule has 0 radical (unpaired) electrons. The number of alkyl halides is 3. The number of hydrogen-bond acceptors (Lipinski definition) is 4. The number of benzene rings is 1. The van der Waals surface area contributed by atoms with E-state index in [4.69, 9.17) is 0 Å². The minimum Gasteiger partial charge on any atom is -0.352 e. The minimum absolute atomic E-state index is 0.0108. The number of carbonyl (C=O) groups excluding carboxylic acids is 1. The molecule has 0 fully saturated rings. The molecule has 0 bridgehead atoms. The maximum absolute atomic E-state index is 12.7. The van der Waals surface area contributed by atoms with Gasteiger partial charge in [0.1, 0.15) is 5.82 Å². The lowest BCUT2D eigenvalue weighted by atomic mass is 10.1. The van der Waals surface area contributed by atoms with E-state index in [-0.39, 0.29) is 18.9 Å². The number of amides is 1. The SMILES string of the molecule is CS(=O)(=O)N1CC(NC=O)Cn2ncc(-c3ccc(C(F)(F)F)cc3)c21. The standard InChI is InChI=1S/C15H15F3N4O3S/c1-26(24,25)22-8-12(19-9-23)7-21-14(22)13(6-20-21)10-2-4-11(5-3-10)15(16,17)18/h2-6,9,12H,7-8H2,1H3,(H,19,23). The Labute approximate surface area is 147 Å². The van der Waals surface area contributed by atoms with E-state index in [1.165, 1.54) is 23.0 Å². The first kappa shape index (κ1) is 18.2. The Morgan fingerprint density at radius 1 is 1.23 bits per heavy atom. The van der Waals surface area contributed by atoms with Crippen LogP contribution in [0.25, 0.3) is 11.1 Å². The Morgan fingerprint density at radius 3 is 2.42 bits per heavy atom. The summed E-state index contributed by atoms with van der Waals surface area (Å²) in [6.45, 7) is 0.262. The second kappa shape index (κ2) is 6.31. The van der Waals surface area contributed by atoms with E-state index >= 15 is 0 Å². The summed E-state index contributed by atoms with van der Waals surface area (Å²) in [4.78, 5) is 10.7. The molecular weight excluding hydrogens is 373 g/mol. The number of hydrogen-bond donors (Lipinski definition) is 1. The quantitative estimate of drug-likeness (QED) is 0.804. The van der Waals surface area contributed by atoms with Gasteiger partial charge in [-0.05, 0) is 17.7 Å². The van der Waals surface area contributed by atoms with Gasteiger partial charge in [0.15, 0.2) is 0 Å². The van der Waals surface area contributed by atoms with Gasteiger partial charge < -0.3 is 5.32 Å². The third-order valence-corrected chi connectivity index (χ3v) is 5.18. The lowest BCUT2D eigenvalue weighted by molar-refractivity contribution is -0.137. The summed E-state index contributed by atoms with van der Waals surface area (Å²) in [5.41, 5.74) is 0.0147. The van der Waals surface area contributed by atoms with E-state index in [0.29, 0.717) is 17.5 Å². The summed E-state index contributed by atoms with van der Waals surface area (Å²) < 4.78 is 65.1. The minimum atomic E-state index is -4.45. The molecule has 11 heteroatoms. The number of anilines is 1. The Bertz CT molecular complexity index is 923. The van der Waals surface area contributed by atoms with Crippen LogP contribution in [-0.4, -0.2) is 43.5 Å². The van der Waals surface area contributed by atoms with Gasteiger partial charge in [0, 0.05) is 5.56 Å². The lowest BCUT2D eigenvalue weighted by Gasteiger charge is -2.33. The van der Waals surface area contributed by atoms with Gasteiger partial charge in [-0.2, -0.15) is 18.3 Å². The average molecular weight is 388 g/mol. The lowest BCUT2D eigenvalue weighted by Crippen LogP contribution is -2.50. The zero-order chi connectivity index (χ0) is 19.1. The number of fused-ring (bicyclic) bond motifs is 1. The summed E-state index contributed by atoms with van der Waals surface area (Å²) >= 11 is 0. The van der Waals surface area contributed by atoms with E-state index < -0.39 is 27.8 Å². The van der Waals surface area contributed by atoms with Crippen LogP contribution >= 0.6 is 0 Å². The third-order valence-electron chi connectivity index (χ3n) is 4.05. The van der Waals surface area contributed by atoms with E-state index in [1.54, 1.807) is 0 Å². The molecule has 3 rings (SSSR count). The molecule has 7 nitrogen and oxygen atoms in total. The fourth-order valence-corrected chi connectivity index (χ4v) is 3.82. The molecule has 0 spiro atoms. The second-order valence-electron chi connectivity index (χ2n) is 5.91. The van der Waals surface area contributed by atoms with Crippen molar-refractivity contribution in [2.75, 3.05) is 17.1 Å². The van der Waals surface area contributed by atoms with Gasteiger partial charge in [-0.15, -0.1) is 0 Å². The molecule has 140 valence electrons. The fraction of sp³-hybridized carbons (Fsp3) is 0.333. The average Bonchev–Trinajstić information content (AvgIpc) is 2.96. The van der Waals surface area contributed by atoms with Crippen molar-refractivity contribution in [2.24, 2.45) is 0 Å². The maximum atomic E-state index is 12.7. The molecule has 1 aromatic carbocycles. The Morgan fingerprint density at radius 2 is 1.88 bits per heavy atom. The van der Waals surface area contributed by atoms with E-state index in [1.807, 2.05) is 0 Å². The van der Waals surface area contributed by atoms with Crippen molar-refractivity contribution in [3.63, 3.8) is 0 Å². The normalized spacial score (nSPS) is 17.7. The zero-order valence-electron chi connectivity index (χ0n) is 13.6. The first-order chi connectivity index (χ1) is 12.1. The molecule has 2 aromatic rings. The fourth-order valence-electron chi connectivity index (χ4n) is 2.87. The Kier molecular flexibility index (Phi) is 4.42. The van der Waals surface area contributed by atoms with Crippen LogP contribution in [0, 0.1) is 0 Å². The Balaban J connectivity index is 2.06. The maximum Gasteiger partial charge on any atom is 0.416 e. The van der Waals surface area contributed by atoms with Crippen molar-refractivity contribution in [1.82, 2.24) is 15.1 Å². The molecule has 2 heterocycles. The van der Waals surface area contributed by atoms with Crippen LogP contribution in [0.2, 0.25) is 0 Å². The molecular formula is C15H15F3N4O3S. The van der Waals surface area contributed by atoms with Crippen molar-refractivity contribution < 1.29 is 26.4 Å². The molecule has 1 N–H and O–H groups in total. The van der Waals surface area contributed by atoms with E-state index in [2.05, 4.69) is 10.4 Å². The first-order valence-corrected chi connectivity index (χ1v) is 9.37. The third kappa shape index (κ3) is 3.39. The molecule has 1 unspecified atom stereocenters. The molecule has 1 aliphatic heterocycles. The number of nitrogens with one attached hydrogen (secondary N) is 1. The van der Waals surface area contributed by atoms with Crippen molar-refractivity contribution in [2.45, 2.75) is 18.8 Å². The molecule has 0 saturated carbocycles. The zero-order valence-corrected chi connectivity index (χ0v) is 14.4. The van der Waals surface area contributed by atoms with E-state index in [0.717, 1.165) is 22.7 Å². The van der Waals surface area contributed by atoms with Crippen LogP contribution in [0.15, 0.2) is 30.5 Å². The highest BCUT2D eigenvalue weighted by Gasteiger charge is 2.34. The van der Waals surface area contributed by atoms with Gasteiger partial charge in [-0.3, -0.25) is 9.10 Å². The summed E-state index contributed by atoms with van der Waals surface area (Å²) in [6, 6.07) is 3.96. The summed E-state index contributed by atoms with van der Waals surface area (Å²) in [7, 11) is -3.69. The largest absolute Gasteiger partial charge is 0.416 e. The molecule has 1 aromatic heterocycles. The van der Waals surface area contributed by atoms with Crippen LogP contribution in [0.4, 0.5) is 19.0 Å². The number of aromatic nitrogens is 2. The van der Waals surface area contributed by atoms with Gasteiger partial charge in [0.25, 0.3) is 0 Å². The molecule has 1 atom stereocenters. The Hall–Kier alpha value is -2.56. The molecule has 0 saturated heterocycles. The van der Waals surface area contributed by atoms with Gasteiger partial charge >= 0.3 is 6.18 Å². The topological polar surface area (TPSA) is 84.3 Å². The molecule has 1 aliphatic rings. The van der Waals surface area contributed by atoms with Gasteiger partial charge in [0.2, 0.25) is 16.4 Å². The second-order valence-corrected chi connectivity index (χ2v) is 7.82. The predicted molar refractivity (Wildman–Crippen MR) is 87.8 cm³/mol. The number of halogens is 3. The van der Waals surface area contributed by atoms with E-state index in [9.17, 15) is 26.4 Å². The summed E-state index contributed by atoms with van der Waals surface area (Å²) in [5, 5.41) is 6.66. The number of carbonyl (C=O) groups is 1. The molecule has 0 aliphatic carbocycles. The highest BCUT2D eigenvalue weighted by Crippen LogP contribution is 2.36. The van der Waals surface area contributed by atoms with Crippen molar-refractivity contribution >= 4 is 22.3 Å². The monoisotopic (exact) mass is 388 g/mol.